The van der Waals surface area contributed by atoms with E-state index in [1.54, 1.807) is 18.0 Å². The molecule has 5 nitrogen and oxygen atoms in total. The molecular weight excluding hydrogens is 304 g/mol. The quantitative estimate of drug-likeness (QED) is 0.903. The molecule has 0 aromatic carbocycles. The van der Waals surface area contributed by atoms with Gasteiger partial charge in [-0.05, 0) is 25.8 Å². The molecule has 0 saturated heterocycles. The van der Waals surface area contributed by atoms with Crippen LogP contribution in [0.4, 0.5) is 0 Å². The molecule has 1 amide bonds. The van der Waals surface area contributed by atoms with Gasteiger partial charge in [-0.15, -0.1) is 0 Å². The van der Waals surface area contributed by atoms with E-state index in [2.05, 4.69) is 4.98 Å². The van der Waals surface area contributed by atoms with Crippen molar-refractivity contribution in [3.05, 3.63) is 22.8 Å². The van der Waals surface area contributed by atoms with Gasteiger partial charge in [0.1, 0.15) is 5.02 Å². The smallest absolute Gasteiger partial charge is 0.255 e. The first kappa shape index (κ1) is 17.0. The number of hydrogen-bond acceptors (Lipinski definition) is 4. The highest BCUT2D eigenvalue weighted by Gasteiger charge is 2.26. The summed E-state index contributed by atoms with van der Waals surface area (Å²) in [5.74, 6) is 0.343. The van der Waals surface area contributed by atoms with Gasteiger partial charge in [-0.2, -0.15) is 0 Å². The van der Waals surface area contributed by atoms with Gasteiger partial charge in [0.15, 0.2) is 0 Å². The van der Waals surface area contributed by atoms with Crippen LogP contribution in [0.2, 0.25) is 5.02 Å². The minimum absolute atomic E-state index is 0.143. The average molecular weight is 327 g/mol. The predicted molar refractivity (Wildman–Crippen MR) is 85.3 cm³/mol. The molecule has 0 bridgehead atoms. The lowest BCUT2D eigenvalue weighted by molar-refractivity contribution is 0.0451. The van der Waals surface area contributed by atoms with Crippen LogP contribution in [-0.4, -0.2) is 47.2 Å². The van der Waals surface area contributed by atoms with Gasteiger partial charge in [-0.3, -0.25) is 4.79 Å². The minimum atomic E-state index is -0.314. The molecule has 122 valence electrons. The van der Waals surface area contributed by atoms with Crippen molar-refractivity contribution in [2.24, 2.45) is 5.92 Å². The van der Waals surface area contributed by atoms with Gasteiger partial charge in [-0.25, -0.2) is 4.98 Å². The number of amides is 1. The van der Waals surface area contributed by atoms with Crippen molar-refractivity contribution in [2.45, 2.75) is 38.7 Å². The summed E-state index contributed by atoms with van der Waals surface area (Å²) in [6.07, 6.45) is 5.12. The molecule has 1 heterocycles. The Bertz CT molecular complexity index is 524. The number of nitrogens with zero attached hydrogens (tertiary/aromatic N) is 2. The van der Waals surface area contributed by atoms with E-state index in [-0.39, 0.29) is 17.9 Å². The third-order valence-corrected chi connectivity index (χ3v) is 4.33. The molecule has 1 aromatic heterocycles. The number of aliphatic hydroxyl groups is 1. The summed E-state index contributed by atoms with van der Waals surface area (Å²) >= 11 is 6.07. The molecule has 1 saturated carbocycles. The maximum Gasteiger partial charge on any atom is 0.255 e. The van der Waals surface area contributed by atoms with Crippen molar-refractivity contribution in [2.75, 3.05) is 20.2 Å². The highest BCUT2D eigenvalue weighted by Crippen LogP contribution is 2.26. The zero-order chi connectivity index (χ0) is 16.1. The van der Waals surface area contributed by atoms with E-state index in [1.807, 2.05) is 6.92 Å². The Hall–Kier alpha value is -1.33. The summed E-state index contributed by atoms with van der Waals surface area (Å²) < 4.78 is 5.27. The second-order valence-electron chi connectivity index (χ2n) is 5.74. The van der Waals surface area contributed by atoms with Crippen LogP contribution in [0.1, 0.15) is 43.0 Å². The van der Waals surface area contributed by atoms with E-state index in [9.17, 15) is 9.90 Å². The predicted octanol–water partition coefficient (Wildman–Crippen LogP) is 2.76. The number of carbonyl (C=O) groups is 1. The molecule has 1 N–H and O–H groups in total. The fourth-order valence-corrected chi connectivity index (χ4v) is 3.06. The van der Waals surface area contributed by atoms with Crippen LogP contribution >= 0.6 is 11.6 Å². The monoisotopic (exact) mass is 326 g/mol. The summed E-state index contributed by atoms with van der Waals surface area (Å²) in [5, 5.41) is 10.4. The zero-order valence-electron chi connectivity index (χ0n) is 13.1. The fraction of sp³-hybridized carbons (Fsp3) is 0.625. The molecule has 1 aliphatic rings. The van der Waals surface area contributed by atoms with Gasteiger partial charge < -0.3 is 14.7 Å². The van der Waals surface area contributed by atoms with Crippen LogP contribution in [-0.2, 0) is 0 Å². The molecule has 2 rings (SSSR count). The van der Waals surface area contributed by atoms with Gasteiger partial charge >= 0.3 is 0 Å². The topological polar surface area (TPSA) is 62.7 Å². The molecule has 2 atom stereocenters. The summed E-state index contributed by atoms with van der Waals surface area (Å²) in [6, 6.07) is 1.58. The lowest BCUT2D eigenvalue weighted by Crippen LogP contribution is -2.38. The van der Waals surface area contributed by atoms with Crippen LogP contribution in [0.25, 0.3) is 0 Å². The number of ether oxygens (including phenoxy) is 1. The Morgan fingerprint density at radius 1 is 1.50 bits per heavy atom. The second-order valence-corrected chi connectivity index (χ2v) is 6.15. The largest absolute Gasteiger partial charge is 0.477 e. The Kier molecular flexibility index (Phi) is 6.03. The number of carbonyl (C=O) groups excluding carboxylic acids is 1. The minimum Gasteiger partial charge on any atom is -0.477 e. The molecule has 0 aliphatic heterocycles. The van der Waals surface area contributed by atoms with Gasteiger partial charge in [0.25, 0.3) is 5.91 Å². The summed E-state index contributed by atoms with van der Waals surface area (Å²) in [4.78, 5) is 18.2. The lowest BCUT2D eigenvalue weighted by Gasteiger charge is -2.31. The number of rotatable bonds is 5. The first-order valence-electron chi connectivity index (χ1n) is 7.74. The standard InChI is InChI=1S/C16H23ClN2O3/c1-3-22-15-13(17)8-12(9-18-15)16(21)19(2)10-11-6-4-5-7-14(11)20/h8-9,11,14,20H,3-7,10H2,1-2H3. The maximum absolute atomic E-state index is 12.5. The van der Waals surface area contributed by atoms with E-state index in [0.717, 1.165) is 25.7 Å². The first-order valence-corrected chi connectivity index (χ1v) is 8.12. The van der Waals surface area contributed by atoms with E-state index in [1.165, 1.54) is 6.20 Å². The first-order chi connectivity index (χ1) is 10.5. The third-order valence-electron chi connectivity index (χ3n) is 4.06. The fourth-order valence-electron chi connectivity index (χ4n) is 2.84. The lowest BCUT2D eigenvalue weighted by atomic mass is 9.86. The number of hydrogen-bond donors (Lipinski definition) is 1. The Balaban J connectivity index is 2.02. The molecule has 1 fully saturated rings. The van der Waals surface area contributed by atoms with E-state index in [0.29, 0.717) is 29.6 Å². The summed E-state index contributed by atoms with van der Waals surface area (Å²) in [7, 11) is 1.74. The van der Waals surface area contributed by atoms with Crippen molar-refractivity contribution >= 4 is 17.5 Å². The van der Waals surface area contributed by atoms with Gasteiger partial charge in [0, 0.05) is 25.7 Å². The van der Waals surface area contributed by atoms with Crippen molar-refractivity contribution in [3.63, 3.8) is 0 Å². The van der Waals surface area contributed by atoms with E-state index < -0.39 is 0 Å². The highest BCUT2D eigenvalue weighted by molar-refractivity contribution is 6.32. The van der Waals surface area contributed by atoms with E-state index in [4.69, 9.17) is 16.3 Å². The maximum atomic E-state index is 12.5. The molecule has 0 radical (unpaired) electrons. The van der Waals surface area contributed by atoms with Crippen LogP contribution in [0, 0.1) is 5.92 Å². The normalized spacial score (nSPS) is 21.5. The number of aliphatic hydroxyl groups excluding tert-OH is 1. The zero-order valence-corrected chi connectivity index (χ0v) is 13.8. The highest BCUT2D eigenvalue weighted by atomic mass is 35.5. The Morgan fingerprint density at radius 3 is 2.86 bits per heavy atom. The number of aromatic nitrogens is 1. The van der Waals surface area contributed by atoms with Crippen molar-refractivity contribution in [1.82, 2.24) is 9.88 Å². The molecule has 0 spiro atoms. The molecule has 22 heavy (non-hydrogen) atoms. The summed E-state index contributed by atoms with van der Waals surface area (Å²) in [6.45, 7) is 2.87. The molecule has 1 aromatic rings. The Labute approximate surface area is 136 Å². The van der Waals surface area contributed by atoms with Crippen LogP contribution < -0.4 is 4.74 Å². The average Bonchev–Trinajstić information content (AvgIpc) is 2.51. The van der Waals surface area contributed by atoms with Crippen molar-refractivity contribution < 1.29 is 14.6 Å². The SMILES string of the molecule is CCOc1ncc(C(=O)N(C)CC2CCCCC2O)cc1Cl. The molecule has 2 unspecified atom stereocenters. The molecular formula is C16H23ClN2O3. The molecule has 6 heteroatoms. The van der Waals surface area contributed by atoms with Crippen LogP contribution in [0.3, 0.4) is 0 Å². The van der Waals surface area contributed by atoms with E-state index >= 15 is 0 Å². The van der Waals surface area contributed by atoms with Crippen molar-refractivity contribution in [1.29, 1.82) is 0 Å². The van der Waals surface area contributed by atoms with Crippen LogP contribution in [0.5, 0.6) is 5.88 Å². The third kappa shape index (κ3) is 4.11. The summed E-state index contributed by atoms with van der Waals surface area (Å²) in [5.41, 5.74) is 0.432. The molecule has 1 aliphatic carbocycles. The van der Waals surface area contributed by atoms with Crippen LogP contribution in [0.15, 0.2) is 12.3 Å². The Morgan fingerprint density at radius 2 is 2.23 bits per heavy atom. The van der Waals surface area contributed by atoms with Gasteiger partial charge in [-0.1, -0.05) is 24.4 Å². The number of halogens is 1. The van der Waals surface area contributed by atoms with Gasteiger partial charge in [0.05, 0.1) is 18.3 Å². The number of pyridine rings is 1. The second kappa shape index (κ2) is 7.79. The van der Waals surface area contributed by atoms with Crippen molar-refractivity contribution in [3.8, 4) is 5.88 Å². The van der Waals surface area contributed by atoms with Gasteiger partial charge in [0.2, 0.25) is 5.88 Å².